The van der Waals surface area contributed by atoms with Gasteiger partial charge in [0.05, 0.1) is 13.2 Å². The van der Waals surface area contributed by atoms with E-state index in [-0.39, 0.29) is 24.5 Å². The maximum atomic E-state index is 12.2. The molecule has 4 rings (SSSR count). The molecule has 7 heteroatoms. The minimum absolute atomic E-state index is 0.0730. The lowest BCUT2D eigenvalue weighted by molar-refractivity contribution is -0.119. The molecule has 7 nitrogen and oxygen atoms in total. The molecule has 0 radical (unpaired) electrons. The number of hydrogen-bond acceptors (Lipinski definition) is 6. The number of amides is 1. The Balaban J connectivity index is 2.04. The van der Waals surface area contributed by atoms with Crippen LogP contribution >= 0.6 is 0 Å². The third kappa shape index (κ3) is 2.85. The van der Waals surface area contributed by atoms with E-state index in [0.717, 1.165) is 11.1 Å². The molecule has 2 N–H and O–H groups in total. The van der Waals surface area contributed by atoms with Crippen LogP contribution in [0.5, 0.6) is 23.0 Å². The van der Waals surface area contributed by atoms with Gasteiger partial charge < -0.3 is 24.6 Å². The van der Waals surface area contributed by atoms with Gasteiger partial charge in [0.2, 0.25) is 23.9 Å². The van der Waals surface area contributed by atoms with Crippen molar-refractivity contribution in [3.8, 4) is 34.1 Å². The van der Waals surface area contributed by atoms with Crippen LogP contribution in [-0.4, -0.2) is 24.9 Å². The molecule has 1 aliphatic carbocycles. The summed E-state index contributed by atoms with van der Waals surface area (Å²) in [5.74, 6) is 1.09. The first-order valence-electron chi connectivity index (χ1n) is 8.63. The summed E-state index contributed by atoms with van der Waals surface area (Å²) in [6.07, 6.45) is 1.23. The van der Waals surface area contributed by atoms with E-state index in [2.05, 4.69) is 5.32 Å². The van der Waals surface area contributed by atoms with E-state index < -0.39 is 5.43 Å². The van der Waals surface area contributed by atoms with Gasteiger partial charge in [-0.1, -0.05) is 6.07 Å². The topological polar surface area (TPSA) is 94.1 Å². The molecule has 0 aromatic heterocycles. The standard InChI is InChI=1S/C20H19NO6/c1-10(22)21-14-5-3-11-7-17(25-2)19-20(27-9-26-19)18(11)12-4-6-15(23)16(24)8-13(12)14/h4,6-8,14H,3,5,9H2,1-2H3,(H,21,22)(H,23,24)/t14-/m0/s1. The van der Waals surface area contributed by atoms with Crippen molar-refractivity contribution in [3.05, 3.63) is 45.6 Å². The van der Waals surface area contributed by atoms with E-state index in [1.165, 1.54) is 19.1 Å². The van der Waals surface area contributed by atoms with E-state index in [0.29, 0.717) is 41.2 Å². The Hall–Kier alpha value is -3.22. The van der Waals surface area contributed by atoms with Crippen molar-refractivity contribution in [2.75, 3.05) is 13.9 Å². The number of ether oxygens (including phenoxy) is 3. The molecule has 1 atom stereocenters. The predicted octanol–water partition coefficient (Wildman–Crippen LogP) is 2.28. The second-order valence-corrected chi connectivity index (χ2v) is 6.57. The lowest BCUT2D eigenvalue weighted by Gasteiger charge is -2.17. The number of fused-ring (bicyclic) bond motifs is 5. The number of nitrogens with one attached hydrogen (secondary N) is 1. The van der Waals surface area contributed by atoms with Crippen molar-refractivity contribution in [2.45, 2.75) is 25.8 Å². The number of aromatic hydroxyl groups is 1. The van der Waals surface area contributed by atoms with Crippen molar-refractivity contribution in [1.82, 2.24) is 5.32 Å². The van der Waals surface area contributed by atoms with Gasteiger partial charge in [-0.2, -0.15) is 0 Å². The van der Waals surface area contributed by atoms with Crippen LogP contribution in [0.15, 0.2) is 29.1 Å². The second-order valence-electron chi connectivity index (χ2n) is 6.57. The van der Waals surface area contributed by atoms with Crippen LogP contribution in [0.4, 0.5) is 0 Å². The summed E-state index contributed by atoms with van der Waals surface area (Å²) in [5, 5.41) is 12.8. The molecule has 2 aromatic rings. The normalized spacial score (nSPS) is 16.7. The Morgan fingerprint density at radius 3 is 2.78 bits per heavy atom. The summed E-state index contributed by atoms with van der Waals surface area (Å²) in [4.78, 5) is 24.0. The van der Waals surface area contributed by atoms with Gasteiger partial charge >= 0.3 is 0 Å². The van der Waals surface area contributed by atoms with Crippen molar-refractivity contribution < 1.29 is 24.1 Å². The first-order valence-corrected chi connectivity index (χ1v) is 8.63. The fourth-order valence-corrected chi connectivity index (χ4v) is 3.73. The molecular formula is C20H19NO6. The lowest BCUT2D eigenvalue weighted by atomic mass is 9.95. The molecule has 0 spiro atoms. The molecule has 1 amide bonds. The van der Waals surface area contributed by atoms with Crippen LogP contribution in [0.2, 0.25) is 0 Å². The molecule has 1 aliphatic heterocycles. The van der Waals surface area contributed by atoms with Crippen molar-refractivity contribution in [2.24, 2.45) is 0 Å². The molecule has 0 fully saturated rings. The number of methoxy groups -OCH3 is 1. The minimum Gasteiger partial charge on any atom is -0.504 e. The predicted molar refractivity (Wildman–Crippen MR) is 97.4 cm³/mol. The van der Waals surface area contributed by atoms with Crippen LogP contribution in [0, 0.1) is 0 Å². The molecule has 140 valence electrons. The Labute approximate surface area is 155 Å². The number of carbonyl (C=O) groups is 1. The van der Waals surface area contributed by atoms with Gasteiger partial charge in [-0.15, -0.1) is 0 Å². The van der Waals surface area contributed by atoms with Gasteiger partial charge in [0, 0.05) is 12.5 Å². The fourth-order valence-electron chi connectivity index (χ4n) is 3.73. The molecular weight excluding hydrogens is 350 g/mol. The highest BCUT2D eigenvalue weighted by Crippen LogP contribution is 2.52. The Morgan fingerprint density at radius 2 is 2.04 bits per heavy atom. The SMILES string of the molecule is COc1cc2c(c3c1OCO3)-c1ccc(O)c(=O)cc1[C@@H](NC(C)=O)CC2. The van der Waals surface area contributed by atoms with Crippen molar-refractivity contribution in [1.29, 1.82) is 0 Å². The molecule has 0 unspecified atom stereocenters. The van der Waals surface area contributed by atoms with E-state index in [1.807, 2.05) is 6.07 Å². The maximum absolute atomic E-state index is 12.2. The summed E-state index contributed by atoms with van der Waals surface area (Å²) in [6, 6.07) is 5.96. The van der Waals surface area contributed by atoms with Gasteiger partial charge in [-0.05, 0) is 47.7 Å². The van der Waals surface area contributed by atoms with Crippen LogP contribution in [0.3, 0.4) is 0 Å². The number of rotatable bonds is 2. The van der Waals surface area contributed by atoms with E-state index >= 15 is 0 Å². The second kappa shape index (κ2) is 6.50. The van der Waals surface area contributed by atoms with Gasteiger partial charge in [-0.25, -0.2) is 0 Å². The molecule has 0 saturated carbocycles. The zero-order valence-electron chi connectivity index (χ0n) is 15.0. The van der Waals surface area contributed by atoms with E-state index in [1.54, 1.807) is 13.2 Å². The molecule has 0 saturated heterocycles. The summed E-state index contributed by atoms with van der Waals surface area (Å²) in [5.41, 5.74) is 2.60. The molecule has 2 aromatic carbocycles. The van der Waals surface area contributed by atoms with E-state index in [4.69, 9.17) is 14.2 Å². The third-order valence-electron chi connectivity index (χ3n) is 4.89. The summed E-state index contributed by atoms with van der Waals surface area (Å²) >= 11 is 0. The van der Waals surface area contributed by atoms with Crippen LogP contribution in [-0.2, 0) is 11.2 Å². The van der Waals surface area contributed by atoms with Crippen LogP contribution in [0.1, 0.15) is 30.5 Å². The Bertz CT molecular complexity index is 1000. The quantitative estimate of drug-likeness (QED) is 0.844. The summed E-state index contributed by atoms with van der Waals surface area (Å²) in [7, 11) is 1.57. The van der Waals surface area contributed by atoms with Gasteiger partial charge in [0.15, 0.2) is 17.2 Å². The Morgan fingerprint density at radius 1 is 1.26 bits per heavy atom. The van der Waals surface area contributed by atoms with Gasteiger partial charge in [-0.3, -0.25) is 9.59 Å². The smallest absolute Gasteiger partial charge is 0.231 e. The highest BCUT2D eigenvalue weighted by atomic mass is 16.7. The summed E-state index contributed by atoms with van der Waals surface area (Å²) < 4.78 is 16.7. The van der Waals surface area contributed by atoms with Crippen LogP contribution < -0.4 is 25.0 Å². The largest absolute Gasteiger partial charge is 0.504 e. The molecule has 27 heavy (non-hydrogen) atoms. The third-order valence-corrected chi connectivity index (χ3v) is 4.89. The van der Waals surface area contributed by atoms with Gasteiger partial charge in [0.25, 0.3) is 0 Å². The fraction of sp³-hybridized carbons (Fsp3) is 0.300. The molecule has 0 bridgehead atoms. The highest BCUT2D eigenvalue weighted by Gasteiger charge is 2.31. The number of carbonyl (C=O) groups excluding carboxylic acids is 1. The average molecular weight is 369 g/mol. The number of hydrogen-bond donors (Lipinski definition) is 2. The minimum atomic E-state index is -0.502. The first kappa shape index (κ1) is 17.2. The maximum Gasteiger partial charge on any atom is 0.231 e. The zero-order valence-corrected chi connectivity index (χ0v) is 15.0. The van der Waals surface area contributed by atoms with E-state index in [9.17, 15) is 14.7 Å². The molecule has 1 heterocycles. The van der Waals surface area contributed by atoms with Crippen molar-refractivity contribution in [3.63, 3.8) is 0 Å². The summed E-state index contributed by atoms with van der Waals surface area (Å²) in [6.45, 7) is 1.51. The monoisotopic (exact) mass is 369 g/mol. The first-order chi connectivity index (χ1) is 13.0. The Kier molecular flexibility index (Phi) is 4.14. The van der Waals surface area contributed by atoms with Crippen LogP contribution in [0.25, 0.3) is 11.1 Å². The highest BCUT2D eigenvalue weighted by molar-refractivity contribution is 5.83. The lowest BCUT2D eigenvalue weighted by Crippen LogP contribution is -2.26. The zero-order chi connectivity index (χ0) is 19.1. The number of benzene rings is 1. The van der Waals surface area contributed by atoms with Gasteiger partial charge in [0.1, 0.15) is 0 Å². The van der Waals surface area contributed by atoms with Crippen molar-refractivity contribution >= 4 is 5.91 Å². The average Bonchev–Trinajstić information content (AvgIpc) is 3.02. The number of aryl methyl sites for hydroxylation is 1. The molecule has 2 aliphatic rings.